The number of carbonyl (C=O) groups excluding carboxylic acids is 1. The third-order valence-electron chi connectivity index (χ3n) is 3.92. The van der Waals surface area contributed by atoms with Crippen LogP contribution >= 0.6 is 11.8 Å². The van der Waals surface area contributed by atoms with Crippen LogP contribution in [0.2, 0.25) is 0 Å². The number of aliphatic imine (C=N–C) groups is 1. The summed E-state index contributed by atoms with van der Waals surface area (Å²) in [6, 6.07) is 16.9. The zero-order chi connectivity index (χ0) is 18.4. The van der Waals surface area contributed by atoms with Gasteiger partial charge in [0.25, 0.3) is 0 Å². The van der Waals surface area contributed by atoms with Gasteiger partial charge in [-0.2, -0.15) is 0 Å². The van der Waals surface area contributed by atoms with Gasteiger partial charge in [-0.3, -0.25) is 4.79 Å². The largest absolute Gasteiger partial charge is 0.299 e. The Hall–Kier alpha value is -2.13. The zero-order valence-electron chi connectivity index (χ0n) is 15.6. The number of hydrogen-bond donors (Lipinski definition) is 0. The number of thioether (sulfide) groups is 1. The number of Topliss-reactive ketones (excluding diaryl/α,β-unsaturated/α-hetero) is 1. The first-order valence-electron chi connectivity index (χ1n) is 8.39. The van der Waals surface area contributed by atoms with Crippen molar-refractivity contribution in [1.82, 2.24) is 0 Å². The van der Waals surface area contributed by atoms with E-state index >= 15 is 0 Å². The van der Waals surface area contributed by atoms with Crippen LogP contribution in [0.3, 0.4) is 0 Å². The van der Waals surface area contributed by atoms with Crippen LogP contribution in [0.25, 0.3) is 11.3 Å². The lowest BCUT2D eigenvalue weighted by atomic mass is 9.99. The van der Waals surface area contributed by atoms with Crippen LogP contribution in [-0.4, -0.2) is 16.6 Å². The SMILES string of the molecule is CC(=O)CSC(C)=N/C(=C(\C)c1ccc(C)cc1)c1ccc(C)cc1. The summed E-state index contributed by atoms with van der Waals surface area (Å²) in [5.74, 6) is 0.621. The highest BCUT2D eigenvalue weighted by Gasteiger charge is 2.09. The Morgan fingerprint density at radius 2 is 1.32 bits per heavy atom. The minimum absolute atomic E-state index is 0.163. The maximum Gasteiger partial charge on any atom is 0.140 e. The second-order valence-corrected chi connectivity index (χ2v) is 7.50. The number of benzene rings is 2. The predicted octanol–water partition coefficient (Wildman–Crippen LogP) is 5.93. The lowest BCUT2D eigenvalue weighted by molar-refractivity contribution is -0.114. The van der Waals surface area contributed by atoms with Gasteiger partial charge < -0.3 is 0 Å². The standard InChI is InChI=1S/C22H25NOS/c1-15-6-10-20(11-7-15)18(4)22(21-12-8-16(2)9-13-21)23-19(5)25-14-17(3)24/h6-13H,14H2,1-5H3/b22-18+,23-19?. The molecule has 0 heterocycles. The smallest absolute Gasteiger partial charge is 0.140 e. The van der Waals surface area contributed by atoms with Crippen molar-refractivity contribution >= 4 is 33.9 Å². The van der Waals surface area contributed by atoms with Crippen LogP contribution in [0.4, 0.5) is 0 Å². The van der Waals surface area contributed by atoms with E-state index in [2.05, 4.69) is 69.3 Å². The number of nitrogens with zero attached hydrogens (tertiary/aromatic N) is 1. The Balaban J connectivity index is 2.49. The molecule has 0 aromatic heterocycles. The highest BCUT2D eigenvalue weighted by Crippen LogP contribution is 2.29. The predicted molar refractivity (Wildman–Crippen MR) is 111 cm³/mol. The van der Waals surface area contributed by atoms with E-state index in [9.17, 15) is 4.79 Å². The van der Waals surface area contributed by atoms with E-state index in [1.54, 1.807) is 6.92 Å². The van der Waals surface area contributed by atoms with Crippen LogP contribution in [0, 0.1) is 13.8 Å². The summed E-state index contributed by atoms with van der Waals surface area (Å²) < 4.78 is 0. The van der Waals surface area contributed by atoms with Gasteiger partial charge in [0.2, 0.25) is 0 Å². The molecule has 2 aromatic rings. The Bertz CT molecular complexity index is 799. The summed E-state index contributed by atoms with van der Waals surface area (Å²) in [7, 11) is 0. The molecular weight excluding hydrogens is 326 g/mol. The van der Waals surface area contributed by atoms with Gasteiger partial charge >= 0.3 is 0 Å². The van der Waals surface area contributed by atoms with Crippen LogP contribution in [-0.2, 0) is 4.79 Å². The molecule has 25 heavy (non-hydrogen) atoms. The van der Waals surface area contributed by atoms with Crippen molar-refractivity contribution in [1.29, 1.82) is 0 Å². The number of hydrogen-bond acceptors (Lipinski definition) is 3. The number of aryl methyl sites for hydroxylation is 2. The molecule has 0 saturated heterocycles. The molecule has 0 unspecified atom stereocenters. The minimum atomic E-state index is 0.163. The van der Waals surface area contributed by atoms with E-state index in [1.165, 1.54) is 22.9 Å². The fourth-order valence-corrected chi connectivity index (χ4v) is 2.98. The quantitative estimate of drug-likeness (QED) is 0.379. The van der Waals surface area contributed by atoms with Crippen LogP contribution in [0.5, 0.6) is 0 Å². The van der Waals surface area contributed by atoms with Gasteiger partial charge in [-0.1, -0.05) is 59.7 Å². The Labute approximate surface area is 155 Å². The van der Waals surface area contributed by atoms with Crippen molar-refractivity contribution in [3.05, 3.63) is 70.8 Å². The number of allylic oxidation sites excluding steroid dienone is 1. The molecule has 0 saturated carbocycles. The van der Waals surface area contributed by atoms with Gasteiger partial charge in [-0.15, -0.1) is 11.8 Å². The third-order valence-corrected chi connectivity index (χ3v) is 4.98. The fourth-order valence-electron chi connectivity index (χ4n) is 2.41. The van der Waals surface area contributed by atoms with Crippen LogP contribution in [0.1, 0.15) is 43.0 Å². The molecule has 0 radical (unpaired) electrons. The Kier molecular flexibility index (Phi) is 6.77. The Morgan fingerprint density at radius 1 is 0.840 bits per heavy atom. The van der Waals surface area contributed by atoms with E-state index in [4.69, 9.17) is 4.99 Å². The topological polar surface area (TPSA) is 29.4 Å². The summed E-state index contributed by atoms with van der Waals surface area (Å²) in [6.45, 7) is 9.84. The minimum Gasteiger partial charge on any atom is -0.299 e. The molecule has 0 amide bonds. The van der Waals surface area contributed by atoms with Gasteiger partial charge in [0.15, 0.2) is 0 Å². The van der Waals surface area contributed by atoms with Crippen molar-refractivity contribution in [2.75, 3.05) is 5.75 Å². The molecule has 2 nitrogen and oxygen atoms in total. The van der Waals surface area contributed by atoms with Gasteiger partial charge in [-0.25, -0.2) is 4.99 Å². The van der Waals surface area contributed by atoms with Gasteiger partial charge in [0, 0.05) is 5.56 Å². The molecule has 0 fully saturated rings. The molecule has 0 aliphatic heterocycles. The first-order valence-corrected chi connectivity index (χ1v) is 9.38. The molecule has 3 heteroatoms. The number of ketones is 1. The lowest BCUT2D eigenvalue weighted by Gasteiger charge is -2.11. The van der Waals surface area contributed by atoms with Gasteiger partial charge in [0.1, 0.15) is 5.78 Å². The van der Waals surface area contributed by atoms with Crippen LogP contribution < -0.4 is 0 Å². The number of carbonyl (C=O) groups is 1. The normalized spacial score (nSPS) is 12.8. The molecule has 2 rings (SSSR count). The van der Waals surface area contributed by atoms with E-state index in [0.29, 0.717) is 5.75 Å². The summed E-state index contributed by atoms with van der Waals surface area (Å²) in [6.07, 6.45) is 0. The van der Waals surface area contributed by atoms with Crippen molar-refractivity contribution in [3.8, 4) is 0 Å². The summed E-state index contributed by atoms with van der Waals surface area (Å²) in [4.78, 5) is 16.1. The van der Waals surface area contributed by atoms with Crippen molar-refractivity contribution < 1.29 is 4.79 Å². The number of rotatable bonds is 5. The van der Waals surface area contributed by atoms with Gasteiger partial charge in [-0.05, 0) is 45.8 Å². The highest BCUT2D eigenvalue weighted by molar-refractivity contribution is 8.14. The van der Waals surface area contributed by atoms with Crippen molar-refractivity contribution in [2.45, 2.75) is 34.6 Å². The first-order chi connectivity index (χ1) is 11.9. The second-order valence-electron chi connectivity index (χ2n) is 6.33. The van der Waals surface area contributed by atoms with Gasteiger partial charge in [0.05, 0.1) is 16.5 Å². The van der Waals surface area contributed by atoms with E-state index < -0.39 is 0 Å². The van der Waals surface area contributed by atoms with Crippen molar-refractivity contribution in [2.24, 2.45) is 4.99 Å². The third kappa shape index (κ3) is 5.71. The highest BCUT2D eigenvalue weighted by atomic mass is 32.2. The molecule has 2 aromatic carbocycles. The lowest BCUT2D eigenvalue weighted by Crippen LogP contribution is -1.98. The molecule has 0 atom stereocenters. The molecular formula is C22H25NOS. The van der Waals surface area contributed by atoms with E-state index in [0.717, 1.165) is 27.4 Å². The second kappa shape index (κ2) is 8.82. The molecule has 130 valence electrons. The summed E-state index contributed by atoms with van der Waals surface area (Å²) in [5.41, 5.74) is 6.80. The zero-order valence-corrected chi connectivity index (χ0v) is 16.4. The average Bonchev–Trinajstić information content (AvgIpc) is 2.59. The van der Waals surface area contributed by atoms with Crippen LogP contribution in [0.15, 0.2) is 53.5 Å². The molecule has 0 aliphatic rings. The molecule has 0 N–H and O–H groups in total. The fraction of sp³-hybridized carbons (Fsp3) is 0.273. The van der Waals surface area contributed by atoms with Crippen molar-refractivity contribution in [3.63, 3.8) is 0 Å². The average molecular weight is 352 g/mol. The first kappa shape index (κ1) is 19.2. The maximum absolute atomic E-state index is 11.2. The maximum atomic E-state index is 11.2. The monoisotopic (exact) mass is 351 g/mol. The summed E-state index contributed by atoms with van der Waals surface area (Å²) in [5, 5.41) is 0.900. The molecule has 0 spiro atoms. The molecule has 0 bridgehead atoms. The molecule has 0 aliphatic carbocycles. The summed E-state index contributed by atoms with van der Waals surface area (Å²) >= 11 is 1.49. The van der Waals surface area contributed by atoms with E-state index in [-0.39, 0.29) is 5.78 Å². The Morgan fingerprint density at radius 3 is 1.80 bits per heavy atom. The van der Waals surface area contributed by atoms with E-state index in [1.807, 2.05) is 6.92 Å².